The number of carbonyl (C=O) groups excluding carboxylic acids is 1. The van der Waals surface area contributed by atoms with Crippen LogP contribution in [0.2, 0.25) is 0 Å². The van der Waals surface area contributed by atoms with Crippen molar-refractivity contribution in [2.75, 3.05) is 14.1 Å². The maximum Gasteiger partial charge on any atom is 0.328 e. The number of nitrogens with zero attached hydrogens (tertiary/aromatic N) is 2. The molecule has 7 nitrogen and oxygen atoms in total. The number of carboxylic acids is 2. The van der Waals surface area contributed by atoms with E-state index >= 15 is 0 Å². The summed E-state index contributed by atoms with van der Waals surface area (Å²) < 4.78 is 0. The van der Waals surface area contributed by atoms with Crippen molar-refractivity contribution in [2.24, 2.45) is 0 Å². The molecule has 0 spiro atoms. The van der Waals surface area contributed by atoms with Gasteiger partial charge in [0.1, 0.15) is 0 Å². The fourth-order valence-corrected chi connectivity index (χ4v) is 1.76. The van der Waals surface area contributed by atoms with Crippen LogP contribution in [0.15, 0.2) is 30.3 Å². The highest BCUT2D eigenvalue weighted by Gasteiger charge is 2.34. The van der Waals surface area contributed by atoms with Crippen LogP contribution in [-0.2, 0) is 9.59 Å². The van der Waals surface area contributed by atoms with Crippen molar-refractivity contribution in [3.63, 3.8) is 0 Å². The zero-order valence-electron chi connectivity index (χ0n) is 11.2. The van der Waals surface area contributed by atoms with Gasteiger partial charge in [-0.2, -0.15) is 0 Å². The zero-order valence-corrected chi connectivity index (χ0v) is 11.2. The van der Waals surface area contributed by atoms with Crippen LogP contribution < -0.4 is 0 Å². The van der Waals surface area contributed by atoms with E-state index in [9.17, 15) is 14.4 Å². The molecule has 0 aliphatic rings. The molecule has 1 atom stereocenters. The number of carbonyl (C=O) groups is 3. The van der Waals surface area contributed by atoms with E-state index in [2.05, 4.69) is 0 Å². The Morgan fingerprint density at radius 1 is 1.10 bits per heavy atom. The molecule has 7 heteroatoms. The number of aliphatic carboxylic acids is 2. The lowest BCUT2D eigenvalue weighted by atomic mass is 10.1. The molecule has 0 heterocycles. The minimum Gasteiger partial charge on any atom is -0.481 e. The average molecular weight is 280 g/mol. The number of carboxylic acid groups (broad SMARTS) is 2. The lowest BCUT2D eigenvalue weighted by molar-refractivity contribution is -0.153. The van der Waals surface area contributed by atoms with Gasteiger partial charge in [0.05, 0.1) is 6.42 Å². The molecule has 0 radical (unpaired) electrons. The zero-order chi connectivity index (χ0) is 15.3. The maximum absolute atomic E-state index is 12.3. The number of hydrogen-bond donors (Lipinski definition) is 2. The molecular weight excluding hydrogens is 264 g/mol. The predicted molar refractivity (Wildman–Crippen MR) is 70.0 cm³/mol. The Kier molecular flexibility index (Phi) is 5.22. The average Bonchev–Trinajstić information content (AvgIpc) is 2.37. The summed E-state index contributed by atoms with van der Waals surface area (Å²) in [6.07, 6.45) is -0.675. The van der Waals surface area contributed by atoms with Crippen LogP contribution in [-0.4, -0.2) is 58.2 Å². The molecule has 0 fully saturated rings. The first-order chi connectivity index (χ1) is 9.34. The van der Waals surface area contributed by atoms with Gasteiger partial charge in [-0.25, -0.2) is 9.80 Å². The molecule has 2 N–H and O–H groups in total. The van der Waals surface area contributed by atoms with Gasteiger partial charge in [-0.05, 0) is 12.1 Å². The molecule has 1 amide bonds. The number of rotatable bonds is 6. The lowest BCUT2D eigenvalue weighted by Crippen LogP contribution is -2.52. The van der Waals surface area contributed by atoms with Crippen LogP contribution in [0.25, 0.3) is 0 Å². The number of amides is 1. The van der Waals surface area contributed by atoms with E-state index in [0.717, 1.165) is 5.01 Å². The molecule has 1 aromatic carbocycles. The van der Waals surface area contributed by atoms with Gasteiger partial charge in [-0.1, -0.05) is 18.2 Å². The highest BCUT2D eigenvalue weighted by molar-refractivity contribution is 5.97. The standard InChI is InChI=1S/C13H16N2O5/c1-14(2)15(10(13(19)20)8-11(16)17)12(18)9-6-4-3-5-7-9/h3-7,10H,8H2,1-2H3,(H,16,17)(H,19,20)/t10-/m0/s1. The summed E-state index contributed by atoms with van der Waals surface area (Å²) in [4.78, 5) is 34.4. The van der Waals surface area contributed by atoms with Gasteiger partial charge in [0, 0.05) is 19.7 Å². The molecule has 0 unspecified atom stereocenters. The van der Waals surface area contributed by atoms with Crippen LogP contribution in [0.4, 0.5) is 0 Å². The highest BCUT2D eigenvalue weighted by Crippen LogP contribution is 2.13. The summed E-state index contributed by atoms with van der Waals surface area (Å²) in [5.41, 5.74) is 0.290. The first-order valence-electron chi connectivity index (χ1n) is 5.85. The third-order valence-corrected chi connectivity index (χ3v) is 2.61. The fourth-order valence-electron chi connectivity index (χ4n) is 1.76. The van der Waals surface area contributed by atoms with Crippen molar-refractivity contribution in [1.82, 2.24) is 10.0 Å². The Morgan fingerprint density at radius 2 is 1.65 bits per heavy atom. The molecule has 0 aromatic heterocycles. The Morgan fingerprint density at radius 3 is 2.05 bits per heavy atom. The summed E-state index contributed by atoms with van der Waals surface area (Å²) >= 11 is 0. The van der Waals surface area contributed by atoms with Gasteiger partial charge >= 0.3 is 11.9 Å². The molecule has 0 saturated heterocycles. The SMILES string of the molecule is CN(C)N(C(=O)c1ccccc1)[C@@H](CC(=O)O)C(=O)O. The van der Waals surface area contributed by atoms with Crippen molar-refractivity contribution in [3.05, 3.63) is 35.9 Å². The van der Waals surface area contributed by atoms with E-state index < -0.39 is 30.3 Å². The Hall–Kier alpha value is -2.41. The van der Waals surface area contributed by atoms with Crippen LogP contribution in [0.3, 0.4) is 0 Å². The maximum atomic E-state index is 12.3. The second-order valence-corrected chi connectivity index (χ2v) is 4.31. The van der Waals surface area contributed by atoms with Crippen molar-refractivity contribution < 1.29 is 24.6 Å². The molecule has 108 valence electrons. The van der Waals surface area contributed by atoms with Crippen LogP contribution in [0.1, 0.15) is 16.8 Å². The molecule has 0 aliphatic carbocycles. The molecule has 20 heavy (non-hydrogen) atoms. The summed E-state index contributed by atoms with van der Waals surface area (Å²) in [7, 11) is 2.97. The van der Waals surface area contributed by atoms with Crippen molar-refractivity contribution >= 4 is 17.8 Å². The number of hydrazine groups is 1. The minimum absolute atomic E-state index is 0.290. The third-order valence-electron chi connectivity index (χ3n) is 2.61. The van der Waals surface area contributed by atoms with Gasteiger partial charge in [-0.15, -0.1) is 0 Å². The summed E-state index contributed by atoms with van der Waals surface area (Å²) in [5.74, 6) is -3.22. The van der Waals surface area contributed by atoms with Gasteiger partial charge in [0.2, 0.25) is 0 Å². The Balaban J connectivity index is 3.12. The van der Waals surface area contributed by atoms with Gasteiger partial charge in [-0.3, -0.25) is 14.6 Å². The van der Waals surface area contributed by atoms with Crippen LogP contribution >= 0.6 is 0 Å². The van der Waals surface area contributed by atoms with Crippen molar-refractivity contribution in [3.8, 4) is 0 Å². The normalized spacial score (nSPS) is 11.9. The summed E-state index contributed by atoms with van der Waals surface area (Å²) in [6.45, 7) is 0. The third kappa shape index (κ3) is 3.79. The minimum atomic E-state index is -1.46. The monoisotopic (exact) mass is 280 g/mol. The first kappa shape index (κ1) is 15.6. The largest absolute Gasteiger partial charge is 0.481 e. The molecule has 1 rings (SSSR count). The van der Waals surface area contributed by atoms with E-state index in [1.54, 1.807) is 30.3 Å². The highest BCUT2D eigenvalue weighted by atomic mass is 16.4. The Labute approximate surface area is 116 Å². The Bertz CT molecular complexity index is 501. The number of benzene rings is 1. The topological polar surface area (TPSA) is 98.2 Å². The van der Waals surface area contributed by atoms with E-state index in [1.807, 2.05) is 0 Å². The number of hydrogen-bond acceptors (Lipinski definition) is 4. The van der Waals surface area contributed by atoms with E-state index in [4.69, 9.17) is 10.2 Å². The van der Waals surface area contributed by atoms with Crippen molar-refractivity contribution in [1.29, 1.82) is 0 Å². The second kappa shape index (κ2) is 6.67. The van der Waals surface area contributed by atoms with Gasteiger partial charge in [0.25, 0.3) is 5.91 Å². The second-order valence-electron chi connectivity index (χ2n) is 4.31. The van der Waals surface area contributed by atoms with E-state index in [1.165, 1.54) is 19.1 Å². The molecular formula is C13H16N2O5. The van der Waals surface area contributed by atoms with E-state index in [-0.39, 0.29) is 5.56 Å². The molecule has 0 saturated carbocycles. The smallest absolute Gasteiger partial charge is 0.328 e. The summed E-state index contributed by atoms with van der Waals surface area (Å²) in [6, 6.07) is 6.64. The molecule has 0 bridgehead atoms. The fraction of sp³-hybridized carbons (Fsp3) is 0.308. The molecule has 0 aliphatic heterocycles. The lowest BCUT2D eigenvalue weighted by Gasteiger charge is -2.33. The van der Waals surface area contributed by atoms with Gasteiger partial charge in [0.15, 0.2) is 6.04 Å². The van der Waals surface area contributed by atoms with Crippen molar-refractivity contribution in [2.45, 2.75) is 12.5 Å². The molecule has 1 aromatic rings. The van der Waals surface area contributed by atoms with E-state index in [0.29, 0.717) is 0 Å². The van der Waals surface area contributed by atoms with Crippen LogP contribution in [0, 0.1) is 0 Å². The summed E-state index contributed by atoms with van der Waals surface area (Å²) in [5, 5.41) is 20.1. The predicted octanol–water partition coefficient (Wildman–Crippen LogP) is 0.533. The van der Waals surface area contributed by atoms with Gasteiger partial charge < -0.3 is 10.2 Å². The first-order valence-corrected chi connectivity index (χ1v) is 5.85. The van der Waals surface area contributed by atoms with Crippen LogP contribution in [0.5, 0.6) is 0 Å². The quantitative estimate of drug-likeness (QED) is 0.738.